The van der Waals surface area contributed by atoms with Crippen molar-refractivity contribution in [2.24, 2.45) is 0 Å². The lowest BCUT2D eigenvalue weighted by Gasteiger charge is -2.41. The van der Waals surface area contributed by atoms with Gasteiger partial charge in [-0.15, -0.1) is 9.24 Å². The molecule has 0 N–H and O–H groups in total. The van der Waals surface area contributed by atoms with Gasteiger partial charge in [0.05, 0.1) is 35.6 Å². The highest BCUT2D eigenvalue weighted by Gasteiger charge is 2.34. The number of piperazine rings is 1. The average molecular weight is 626 g/mol. The van der Waals surface area contributed by atoms with Crippen LogP contribution in [0.1, 0.15) is 48.7 Å². The standard InChI is InChI=1S/C33H33FN7O3P/c1-6-24(42)40-12-11-39(15-20(40)7-9-35)32-21-13-19(5)25-26-22(37-14-23(45)27(26)34)16-44-31(25)30(21)41(33(43)38-32)29-18(4)8-10-36-28(29)17(2)3/h6,8,10,13-14,17,20H,1,7,11-12,15-16,45H2,2-5H3/t20-/m0/s1. The summed E-state index contributed by atoms with van der Waals surface area (Å²) in [5.74, 6) is 0.0844. The summed E-state index contributed by atoms with van der Waals surface area (Å²) in [6.45, 7) is 12.4. The molecule has 12 heteroatoms. The molecule has 0 spiro atoms. The number of anilines is 1. The first-order chi connectivity index (χ1) is 21.6. The van der Waals surface area contributed by atoms with E-state index in [1.54, 1.807) is 15.7 Å². The molecule has 6 rings (SSSR count). The minimum atomic E-state index is -0.546. The molecule has 1 unspecified atom stereocenters. The molecule has 0 radical (unpaired) electrons. The predicted molar refractivity (Wildman–Crippen MR) is 174 cm³/mol. The first-order valence-electron chi connectivity index (χ1n) is 14.7. The molecule has 3 aromatic heterocycles. The summed E-state index contributed by atoms with van der Waals surface area (Å²) < 4.78 is 23.7. The number of fused-ring (bicyclic) bond motifs is 5. The zero-order valence-electron chi connectivity index (χ0n) is 25.6. The number of hydrogen-bond donors (Lipinski definition) is 0. The minimum Gasteiger partial charge on any atom is -0.484 e. The molecule has 1 amide bonds. The lowest BCUT2D eigenvalue weighted by Crippen LogP contribution is -2.55. The van der Waals surface area contributed by atoms with Crippen molar-refractivity contribution in [2.45, 2.75) is 52.7 Å². The Hall–Kier alpha value is -4.68. The number of benzene rings is 1. The lowest BCUT2D eigenvalue weighted by molar-refractivity contribution is -0.128. The lowest BCUT2D eigenvalue weighted by atomic mass is 9.93. The van der Waals surface area contributed by atoms with Crippen LogP contribution in [0.15, 0.2) is 42.0 Å². The maximum atomic E-state index is 15.8. The van der Waals surface area contributed by atoms with Crippen molar-refractivity contribution in [1.82, 2.24) is 24.4 Å². The number of rotatable bonds is 5. The SMILES string of the molecule is C=CC(=O)N1CCN(c2nc(=O)n(-c3c(C)ccnc3C(C)C)c3c4c(c(C)cc23)-c2c(ncc(P)c2F)CO4)C[C@@H]1CC#N. The van der Waals surface area contributed by atoms with Crippen molar-refractivity contribution in [3.63, 3.8) is 0 Å². The van der Waals surface area contributed by atoms with Gasteiger partial charge >= 0.3 is 5.69 Å². The normalized spacial score (nSPS) is 15.8. The summed E-state index contributed by atoms with van der Waals surface area (Å²) in [5.41, 5.74) is 4.11. The zero-order valence-corrected chi connectivity index (χ0v) is 26.7. The van der Waals surface area contributed by atoms with E-state index in [1.807, 2.05) is 44.7 Å². The van der Waals surface area contributed by atoms with Crippen molar-refractivity contribution in [3.05, 3.63) is 76.0 Å². The predicted octanol–water partition coefficient (Wildman–Crippen LogP) is 4.23. The van der Waals surface area contributed by atoms with E-state index in [0.717, 1.165) is 11.1 Å². The van der Waals surface area contributed by atoms with Gasteiger partial charge in [-0.1, -0.05) is 20.4 Å². The van der Waals surface area contributed by atoms with Gasteiger partial charge in [-0.25, -0.2) is 9.18 Å². The summed E-state index contributed by atoms with van der Waals surface area (Å²) in [7, 11) is 2.39. The second kappa shape index (κ2) is 11.7. The van der Waals surface area contributed by atoms with Crippen LogP contribution >= 0.6 is 9.24 Å². The summed E-state index contributed by atoms with van der Waals surface area (Å²) >= 11 is 0. The van der Waals surface area contributed by atoms with Gasteiger partial charge in [-0.05, 0) is 49.1 Å². The molecular weight excluding hydrogens is 592 g/mol. The van der Waals surface area contributed by atoms with Gasteiger partial charge in [0, 0.05) is 53.8 Å². The van der Waals surface area contributed by atoms with E-state index in [2.05, 4.69) is 36.8 Å². The molecule has 230 valence electrons. The van der Waals surface area contributed by atoms with E-state index in [0.29, 0.717) is 69.1 Å². The van der Waals surface area contributed by atoms with Crippen LogP contribution in [-0.4, -0.2) is 56.0 Å². The van der Waals surface area contributed by atoms with Gasteiger partial charge in [0.2, 0.25) is 5.91 Å². The molecule has 10 nitrogen and oxygen atoms in total. The fourth-order valence-corrected chi connectivity index (χ4v) is 6.65. The van der Waals surface area contributed by atoms with E-state index >= 15 is 4.39 Å². The Labute approximate surface area is 262 Å². The van der Waals surface area contributed by atoms with Gasteiger partial charge in [-0.3, -0.25) is 19.3 Å². The van der Waals surface area contributed by atoms with Crippen LogP contribution in [0, 0.1) is 31.0 Å². The molecule has 1 aromatic carbocycles. The number of aryl methyl sites for hydroxylation is 2. The summed E-state index contributed by atoms with van der Waals surface area (Å²) in [4.78, 5) is 44.2. The van der Waals surface area contributed by atoms with Gasteiger partial charge in [0.25, 0.3) is 0 Å². The Morgan fingerprint density at radius 1 is 1.27 bits per heavy atom. The maximum Gasteiger partial charge on any atom is 0.354 e. The van der Waals surface area contributed by atoms with Crippen LogP contribution in [-0.2, 0) is 11.4 Å². The highest BCUT2D eigenvalue weighted by atomic mass is 31.0. The molecule has 2 aliphatic rings. The molecule has 2 aliphatic heterocycles. The third-order valence-corrected chi connectivity index (χ3v) is 8.93. The molecule has 0 saturated carbocycles. The number of nitriles is 1. The Morgan fingerprint density at radius 3 is 2.76 bits per heavy atom. The van der Waals surface area contributed by atoms with E-state index in [1.165, 1.54) is 12.3 Å². The highest BCUT2D eigenvalue weighted by Crippen LogP contribution is 2.47. The number of carbonyl (C=O) groups excluding carboxylic acids is 1. The number of aromatic nitrogens is 4. The van der Waals surface area contributed by atoms with E-state index < -0.39 is 17.5 Å². The molecule has 2 atom stereocenters. The molecule has 1 saturated heterocycles. The minimum absolute atomic E-state index is 0.0181. The van der Waals surface area contributed by atoms with Crippen LogP contribution in [0.2, 0.25) is 0 Å². The number of pyridine rings is 2. The Kier molecular flexibility index (Phi) is 7.88. The monoisotopic (exact) mass is 625 g/mol. The van der Waals surface area contributed by atoms with E-state index in [-0.39, 0.29) is 31.4 Å². The molecule has 45 heavy (non-hydrogen) atoms. The van der Waals surface area contributed by atoms with Crippen LogP contribution in [0.4, 0.5) is 10.2 Å². The average Bonchev–Trinajstić information content (AvgIpc) is 3.02. The Bertz CT molecular complexity index is 2000. The van der Waals surface area contributed by atoms with Gasteiger partial charge in [-0.2, -0.15) is 10.2 Å². The van der Waals surface area contributed by atoms with Crippen LogP contribution < -0.4 is 20.6 Å². The third-order valence-electron chi connectivity index (χ3n) is 8.53. The number of hydrogen-bond acceptors (Lipinski definition) is 8. The quantitative estimate of drug-likeness (QED) is 0.239. The van der Waals surface area contributed by atoms with Crippen molar-refractivity contribution in [3.8, 4) is 28.6 Å². The number of ether oxygens (including phenoxy) is 1. The van der Waals surface area contributed by atoms with Crippen molar-refractivity contribution in [1.29, 1.82) is 5.26 Å². The third kappa shape index (κ3) is 4.94. The first kappa shape index (κ1) is 30.4. The molecule has 4 aromatic rings. The van der Waals surface area contributed by atoms with Crippen LogP contribution in [0.3, 0.4) is 0 Å². The molecule has 5 heterocycles. The van der Waals surface area contributed by atoms with Crippen molar-refractivity contribution in [2.75, 3.05) is 24.5 Å². The van der Waals surface area contributed by atoms with Gasteiger partial charge in [0.15, 0.2) is 5.75 Å². The summed E-state index contributed by atoms with van der Waals surface area (Å²) in [6.07, 6.45) is 4.53. The Morgan fingerprint density at radius 2 is 2.04 bits per heavy atom. The highest BCUT2D eigenvalue weighted by molar-refractivity contribution is 7.27. The van der Waals surface area contributed by atoms with Crippen LogP contribution in [0.5, 0.6) is 5.75 Å². The van der Waals surface area contributed by atoms with E-state index in [4.69, 9.17) is 4.74 Å². The largest absolute Gasteiger partial charge is 0.484 e. The second-order valence-electron chi connectivity index (χ2n) is 11.7. The fourth-order valence-electron chi connectivity index (χ4n) is 6.43. The molecule has 0 aliphatic carbocycles. The van der Waals surface area contributed by atoms with Crippen molar-refractivity contribution < 1.29 is 13.9 Å². The topological polar surface area (TPSA) is 117 Å². The smallest absolute Gasteiger partial charge is 0.354 e. The van der Waals surface area contributed by atoms with E-state index in [9.17, 15) is 14.9 Å². The first-order valence-corrected chi connectivity index (χ1v) is 15.3. The summed E-state index contributed by atoms with van der Waals surface area (Å²) in [5, 5.41) is 10.5. The molecule has 1 fully saturated rings. The molecular formula is C33H33FN7O3P. The van der Waals surface area contributed by atoms with Crippen molar-refractivity contribution >= 4 is 37.2 Å². The number of carbonyl (C=O) groups is 1. The molecule has 0 bridgehead atoms. The van der Waals surface area contributed by atoms with Gasteiger partial charge < -0.3 is 14.5 Å². The Balaban J connectivity index is 1.69. The number of amides is 1. The zero-order chi connectivity index (χ0) is 32.2. The fraction of sp³-hybridized carbons (Fsp3) is 0.333. The van der Waals surface area contributed by atoms with Crippen LogP contribution in [0.25, 0.3) is 27.7 Å². The number of halogens is 1. The van der Waals surface area contributed by atoms with Gasteiger partial charge in [0.1, 0.15) is 23.8 Å². The summed E-state index contributed by atoms with van der Waals surface area (Å²) in [6, 6.07) is 5.50. The maximum absolute atomic E-state index is 15.8. The second-order valence-corrected chi connectivity index (χ2v) is 12.3. The number of nitrogens with zero attached hydrogens (tertiary/aromatic N) is 7.